The fourth-order valence-corrected chi connectivity index (χ4v) is 4.01. The first-order chi connectivity index (χ1) is 11.9. The molecule has 0 radical (unpaired) electrons. The number of nitrogens with one attached hydrogen (secondary N) is 2. The van der Waals surface area contributed by atoms with Gasteiger partial charge in [0.1, 0.15) is 0 Å². The summed E-state index contributed by atoms with van der Waals surface area (Å²) in [6.07, 6.45) is 4.95. The van der Waals surface area contributed by atoms with Gasteiger partial charge in [0.15, 0.2) is 5.96 Å². The Labute approximate surface area is 157 Å². The van der Waals surface area contributed by atoms with E-state index in [1.807, 2.05) is 7.05 Å². The molecule has 0 bridgehead atoms. The molecule has 2 N–H and O–H groups in total. The lowest BCUT2D eigenvalue weighted by atomic mass is 9.98. The molecule has 1 aliphatic heterocycles. The molecule has 2 rings (SSSR count). The lowest BCUT2D eigenvalue weighted by molar-refractivity contribution is 0.0982. The van der Waals surface area contributed by atoms with E-state index >= 15 is 0 Å². The zero-order valence-electron chi connectivity index (χ0n) is 16.6. The molecule has 142 valence electrons. The van der Waals surface area contributed by atoms with Gasteiger partial charge in [-0.05, 0) is 39.8 Å². The van der Waals surface area contributed by atoms with Crippen molar-refractivity contribution < 1.29 is 0 Å². The number of thiazole rings is 1. The van der Waals surface area contributed by atoms with Gasteiger partial charge in [-0.1, -0.05) is 20.3 Å². The summed E-state index contributed by atoms with van der Waals surface area (Å²) in [4.78, 5) is 11.6. The van der Waals surface area contributed by atoms with E-state index in [0.29, 0.717) is 5.92 Å². The van der Waals surface area contributed by atoms with Crippen LogP contribution in [0.4, 0.5) is 0 Å². The number of hydrogen-bond donors (Lipinski definition) is 2. The first-order valence-corrected chi connectivity index (χ1v) is 10.4. The van der Waals surface area contributed by atoms with E-state index in [4.69, 9.17) is 4.98 Å². The maximum absolute atomic E-state index is 4.69. The van der Waals surface area contributed by atoms with Gasteiger partial charge in [0, 0.05) is 43.4 Å². The average molecular weight is 366 g/mol. The monoisotopic (exact) mass is 365 g/mol. The van der Waals surface area contributed by atoms with E-state index in [0.717, 1.165) is 25.5 Å². The van der Waals surface area contributed by atoms with Gasteiger partial charge in [-0.3, -0.25) is 9.89 Å². The van der Waals surface area contributed by atoms with Crippen LogP contribution < -0.4 is 10.6 Å². The van der Waals surface area contributed by atoms with E-state index < -0.39 is 0 Å². The number of aliphatic imine (C=N–C) groups is 1. The fraction of sp³-hybridized carbons (Fsp3) is 0.789. The summed E-state index contributed by atoms with van der Waals surface area (Å²) in [6, 6.07) is 0. The average Bonchev–Trinajstić information content (AvgIpc) is 3.08. The quantitative estimate of drug-likeness (QED) is 0.575. The Morgan fingerprint density at radius 3 is 2.60 bits per heavy atom. The van der Waals surface area contributed by atoms with Crippen molar-refractivity contribution in [3.63, 3.8) is 0 Å². The van der Waals surface area contributed by atoms with Crippen LogP contribution in [0.5, 0.6) is 0 Å². The van der Waals surface area contributed by atoms with Crippen LogP contribution in [-0.4, -0.2) is 54.6 Å². The van der Waals surface area contributed by atoms with Crippen molar-refractivity contribution in [3.05, 3.63) is 16.1 Å². The molecule has 5 nitrogen and oxygen atoms in total. The minimum Gasteiger partial charge on any atom is -0.356 e. The predicted molar refractivity (Wildman–Crippen MR) is 109 cm³/mol. The Morgan fingerprint density at radius 2 is 2.00 bits per heavy atom. The Kier molecular flexibility index (Phi) is 7.69. The summed E-state index contributed by atoms with van der Waals surface area (Å²) in [5.74, 6) is 1.39. The molecule has 1 aromatic rings. The van der Waals surface area contributed by atoms with Crippen molar-refractivity contribution in [1.29, 1.82) is 0 Å². The minimum absolute atomic E-state index is 0.152. The van der Waals surface area contributed by atoms with Crippen molar-refractivity contribution in [2.45, 2.75) is 64.8 Å². The highest BCUT2D eigenvalue weighted by Crippen LogP contribution is 2.20. The molecule has 0 spiro atoms. The maximum atomic E-state index is 4.69. The summed E-state index contributed by atoms with van der Waals surface area (Å²) in [6.45, 7) is 13.2. The van der Waals surface area contributed by atoms with Crippen LogP contribution in [0, 0.1) is 0 Å². The van der Waals surface area contributed by atoms with Gasteiger partial charge in [0.2, 0.25) is 0 Å². The molecule has 0 aliphatic carbocycles. The molecule has 0 saturated carbocycles. The number of rotatable bonds is 7. The molecule has 6 heteroatoms. The van der Waals surface area contributed by atoms with E-state index in [2.05, 4.69) is 53.6 Å². The van der Waals surface area contributed by atoms with Crippen LogP contribution in [0.1, 0.15) is 63.6 Å². The zero-order chi connectivity index (χ0) is 18.3. The topological polar surface area (TPSA) is 52.6 Å². The van der Waals surface area contributed by atoms with E-state index in [1.165, 1.54) is 43.1 Å². The van der Waals surface area contributed by atoms with Crippen molar-refractivity contribution in [1.82, 2.24) is 20.5 Å². The van der Waals surface area contributed by atoms with Gasteiger partial charge in [-0.25, -0.2) is 4.98 Å². The van der Waals surface area contributed by atoms with Crippen LogP contribution in [0.2, 0.25) is 0 Å². The molecule has 1 aliphatic rings. The molecule has 1 saturated heterocycles. The largest absolute Gasteiger partial charge is 0.356 e. The maximum Gasteiger partial charge on any atom is 0.191 e. The Morgan fingerprint density at radius 1 is 1.28 bits per heavy atom. The lowest BCUT2D eigenvalue weighted by Crippen LogP contribution is -2.55. The summed E-state index contributed by atoms with van der Waals surface area (Å²) >= 11 is 1.76. The molecule has 0 atom stereocenters. The summed E-state index contributed by atoms with van der Waals surface area (Å²) in [5.41, 5.74) is 1.32. The molecule has 25 heavy (non-hydrogen) atoms. The first kappa shape index (κ1) is 20.2. The smallest absolute Gasteiger partial charge is 0.191 e. The van der Waals surface area contributed by atoms with Crippen molar-refractivity contribution in [2.24, 2.45) is 4.99 Å². The SMILES string of the molecule is CN=C(NCCc1csc(C(C)C)n1)NCC(C)(C)N1CCCCC1. The molecular formula is C19H35N5S. The second-order valence-electron chi connectivity index (χ2n) is 7.79. The van der Waals surface area contributed by atoms with Crippen LogP contribution in [0.25, 0.3) is 0 Å². The van der Waals surface area contributed by atoms with Crippen molar-refractivity contribution in [2.75, 3.05) is 33.2 Å². The molecule has 1 fully saturated rings. The molecular weight excluding hydrogens is 330 g/mol. The van der Waals surface area contributed by atoms with Crippen LogP contribution >= 0.6 is 11.3 Å². The van der Waals surface area contributed by atoms with Crippen molar-refractivity contribution >= 4 is 17.3 Å². The fourth-order valence-electron chi connectivity index (χ4n) is 3.14. The van der Waals surface area contributed by atoms with E-state index in [9.17, 15) is 0 Å². The third-order valence-electron chi connectivity index (χ3n) is 4.86. The third-order valence-corrected chi connectivity index (χ3v) is 6.06. The minimum atomic E-state index is 0.152. The summed E-state index contributed by atoms with van der Waals surface area (Å²) in [7, 11) is 1.84. The molecule has 0 unspecified atom stereocenters. The first-order valence-electron chi connectivity index (χ1n) is 9.56. The van der Waals surface area contributed by atoms with Crippen LogP contribution in [-0.2, 0) is 6.42 Å². The van der Waals surface area contributed by atoms with Gasteiger partial charge in [0.25, 0.3) is 0 Å². The number of likely N-dealkylation sites (tertiary alicyclic amines) is 1. The molecule has 2 heterocycles. The van der Waals surface area contributed by atoms with E-state index in [-0.39, 0.29) is 5.54 Å². The lowest BCUT2D eigenvalue weighted by Gasteiger charge is -2.41. The van der Waals surface area contributed by atoms with Crippen LogP contribution in [0.15, 0.2) is 10.4 Å². The van der Waals surface area contributed by atoms with Gasteiger partial charge >= 0.3 is 0 Å². The highest BCUT2D eigenvalue weighted by molar-refractivity contribution is 7.09. The highest BCUT2D eigenvalue weighted by Gasteiger charge is 2.27. The number of piperidine rings is 1. The number of guanidine groups is 1. The van der Waals surface area contributed by atoms with Gasteiger partial charge in [-0.15, -0.1) is 11.3 Å². The van der Waals surface area contributed by atoms with Gasteiger partial charge in [0.05, 0.1) is 10.7 Å². The second kappa shape index (κ2) is 9.53. The van der Waals surface area contributed by atoms with Crippen LogP contribution in [0.3, 0.4) is 0 Å². The Balaban J connectivity index is 1.74. The number of aromatic nitrogens is 1. The molecule has 0 aromatic carbocycles. The van der Waals surface area contributed by atoms with Gasteiger partial charge < -0.3 is 10.6 Å². The second-order valence-corrected chi connectivity index (χ2v) is 8.68. The molecule has 0 amide bonds. The summed E-state index contributed by atoms with van der Waals surface area (Å²) < 4.78 is 0. The number of nitrogens with zero attached hydrogens (tertiary/aromatic N) is 3. The highest BCUT2D eigenvalue weighted by atomic mass is 32.1. The van der Waals surface area contributed by atoms with Gasteiger partial charge in [-0.2, -0.15) is 0 Å². The predicted octanol–water partition coefficient (Wildman–Crippen LogP) is 3.24. The standard InChI is InChI=1S/C19H35N5S/c1-15(2)17-23-16(13-25-17)9-10-21-18(20-5)22-14-19(3,4)24-11-7-6-8-12-24/h13,15H,6-12,14H2,1-5H3,(H2,20,21,22). The zero-order valence-corrected chi connectivity index (χ0v) is 17.4. The Bertz CT molecular complexity index is 544. The molecule has 1 aromatic heterocycles. The van der Waals surface area contributed by atoms with E-state index in [1.54, 1.807) is 11.3 Å². The normalized spacial score (nSPS) is 17.1. The summed E-state index contributed by atoms with van der Waals surface area (Å²) in [5, 5.41) is 10.3. The number of hydrogen-bond acceptors (Lipinski definition) is 4. The van der Waals surface area contributed by atoms with Crippen molar-refractivity contribution in [3.8, 4) is 0 Å². The third kappa shape index (κ3) is 6.26. The Hall–Kier alpha value is -1.14.